The summed E-state index contributed by atoms with van der Waals surface area (Å²) in [7, 11) is 0. The normalized spacial score (nSPS) is 15.0. The Balaban J connectivity index is 1.69. The van der Waals surface area contributed by atoms with Crippen molar-refractivity contribution in [3.05, 3.63) is 62.5 Å². The van der Waals surface area contributed by atoms with Crippen molar-refractivity contribution in [3.63, 3.8) is 0 Å². The Morgan fingerprint density at radius 3 is 2.77 bits per heavy atom. The quantitative estimate of drug-likeness (QED) is 0.783. The van der Waals surface area contributed by atoms with E-state index in [0.717, 1.165) is 35.4 Å². The number of anilines is 1. The second-order valence-corrected chi connectivity index (χ2v) is 8.48. The molecular formula is C19H22BrN3O2S. The smallest absolute Gasteiger partial charge is 0.251 e. The topological polar surface area (TPSA) is 54.3 Å². The summed E-state index contributed by atoms with van der Waals surface area (Å²) >= 11 is 5.32. The molecule has 0 bridgehead atoms. The van der Waals surface area contributed by atoms with E-state index in [1.807, 2.05) is 30.8 Å². The molecule has 1 N–H and O–H groups in total. The molecule has 1 fully saturated rings. The van der Waals surface area contributed by atoms with Gasteiger partial charge in [0, 0.05) is 53.6 Å². The lowest BCUT2D eigenvalue weighted by Crippen LogP contribution is -2.32. The van der Waals surface area contributed by atoms with E-state index in [1.54, 1.807) is 12.3 Å². The molecule has 1 aromatic carbocycles. The van der Waals surface area contributed by atoms with Gasteiger partial charge in [-0.05, 0) is 46.1 Å². The largest absolute Gasteiger partial charge is 0.324 e. The van der Waals surface area contributed by atoms with Crippen LogP contribution in [0.4, 0.5) is 5.69 Å². The van der Waals surface area contributed by atoms with Crippen LogP contribution in [0.5, 0.6) is 0 Å². The fourth-order valence-corrected chi connectivity index (χ4v) is 4.32. The molecule has 26 heavy (non-hydrogen) atoms. The van der Waals surface area contributed by atoms with Gasteiger partial charge >= 0.3 is 0 Å². The van der Waals surface area contributed by atoms with Crippen molar-refractivity contribution in [3.8, 4) is 0 Å². The molecule has 138 valence electrons. The van der Waals surface area contributed by atoms with Gasteiger partial charge in [0.15, 0.2) is 0 Å². The maximum absolute atomic E-state index is 12.4. The molecule has 1 saturated heterocycles. The molecule has 0 atom stereocenters. The number of carbonyl (C=O) groups excluding carboxylic acids is 1. The Labute approximate surface area is 165 Å². The number of benzene rings is 1. The maximum atomic E-state index is 12.4. The first-order valence-electron chi connectivity index (χ1n) is 8.57. The monoisotopic (exact) mass is 435 g/mol. The van der Waals surface area contributed by atoms with Crippen LogP contribution in [0.25, 0.3) is 0 Å². The molecule has 0 unspecified atom stereocenters. The molecule has 0 radical (unpaired) electrons. The van der Waals surface area contributed by atoms with Crippen LogP contribution < -0.4 is 10.9 Å². The highest BCUT2D eigenvalue weighted by Gasteiger charge is 2.14. The summed E-state index contributed by atoms with van der Waals surface area (Å²) < 4.78 is 2.16. The number of nitrogens with zero attached hydrogens (tertiary/aromatic N) is 2. The van der Waals surface area contributed by atoms with Crippen molar-refractivity contribution in [1.29, 1.82) is 0 Å². The summed E-state index contributed by atoms with van der Waals surface area (Å²) in [6.45, 7) is 5.14. The van der Waals surface area contributed by atoms with Gasteiger partial charge in [-0.25, -0.2) is 0 Å². The Hall–Kier alpha value is -1.57. The van der Waals surface area contributed by atoms with Gasteiger partial charge in [0.05, 0.1) is 0 Å². The molecule has 3 rings (SSSR count). The number of hydrogen-bond acceptors (Lipinski definition) is 4. The zero-order chi connectivity index (χ0) is 18.5. The summed E-state index contributed by atoms with van der Waals surface area (Å²) in [5.74, 6) is 2.15. The van der Waals surface area contributed by atoms with Crippen molar-refractivity contribution < 1.29 is 4.79 Å². The van der Waals surface area contributed by atoms with Gasteiger partial charge in [-0.2, -0.15) is 11.8 Å². The lowest BCUT2D eigenvalue weighted by atomic mass is 10.1. The van der Waals surface area contributed by atoms with Crippen LogP contribution in [0, 0.1) is 6.92 Å². The van der Waals surface area contributed by atoms with Crippen molar-refractivity contribution in [1.82, 2.24) is 9.47 Å². The number of carbonyl (C=O) groups is 1. The van der Waals surface area contributed by atoms with E-state index in [1.165, 1.54) is 27.7 Å². The number of aromatic nitrogens is 1. The number of pyridine rings is 1. The van der Waals surface area contributed by atoms with Gasteiger partial charge in [0.1, 0.15) is 6.54 Å². The SMILES string of the molecule is Cc1c(CN2CCSCC2)cccc1NC(=O)Cn1cc(Br)ccc1=O. The molecule has 2 heterocycles. The van der Waals surface area contributed by atoms with Gasteiger partial charge in [-0.1, -0.05) is 12.1 Å². The van der Waals surface area contributed by atoms with Crippen LogP contribution >= 0.6 is 27.7 Å². The third kappa shape index (κ3) is 4.99. The lowest BCUT2D eigenvalue weighted by molar-refractivity contribution is -0.116. The molecule has 0 saturated carbocycles. The zero-order valence-corrected chi connectivity index (χ0v) is 17.1. The average molecular weight is 436 g/mol. The van der Waals surface area contributed by atoms with Gasteiger partial charge in [-0.3, -0.25) is 14.5 Å². The van der Waals surface area contributed by atoms with Crippen LogP contribution in [0.1, 0.15) is 11.1 Å². The van der Waals surface area contributed by atoms with E-state index >= 15 is 0 Å². The molecular weight excluding hydrogens is 414 g/mol. The Kier molecular flexibility index (Phi) is 6.56. The molecule has 1 aliphatic heterocycles. The van der Waals surface area contributed by atoms with Crippen LogP contribution in [-0.2, 0) is 17.9 Å². The number of amides is 1. The lowest BCUT2D eigenvalue weighted by Gasteiger charge is -2.27. The summed E-state index contributed by atoms with van der Waals surface area (Å²) in [4.78, 5) is 26.7. The van der Waals surface area contributed by atoms with Crippen LogP contribution in [0.15, 0.2) is 45.8 Å². The molecule has 1 aliphatic rings. The number of hydrogen-bond donors (Lipinski definition) is 1. The first kappa shape index (κ1) is 19.2. The first-order valence-corrected chi connectivity index (χ1v) is 10.5. The summed E-state index contributed by atoms with van der Waals surface area (Å²) in [5, 5.41) is 2.95. The Bertz CT molecular complexity index is 847. The third-order valence-electron chi connectivity index (χ3n) is 4.48. The van der Waals surface area contributed by atoms with Crippen molar-refractivity contribution in [2.75, 3.05) is 29.9 Å². The minimum absolute atomic E-state index is 0.00864. The minimum Gasteiger partial charge on any atom is -0.324 e. The first-order chi connectivity index (χ1) is 12.5. The molecule has 0 aliphatic carbocycles. The van der Waals surface area contributed by atoms with E-state index in [2.05, 4.69) is 32.2 Å². The second-order valence-electron chi connectivity index (χ2n) is 6.34. The summed E-state index contributed by atoms with van der Waals surface area (Å²) in [6, 6.07) is 9.11. The second kappa shape index (κ2) is 8.88. The summed E-state index contributed by atoms with van der Waals surface area (Å²) in [6.07, 6.45) is 1.62. The number of halogens is 1. The predicted octanol–water partition coefficient (Wildman–Crippen LogP) is 3.11. The molecule has 1 amide bonds. The van der Waals surface area contributed by atoms with E-state index in [-0.39, 0.29) is 18.0 Å². The number of nitrogens with one attached hydrogen (secondary N) is 1. The number of thioether (sulfide) groups is 1. The molecule has 7 heteroatoms. The highest BCUT2D eigenvalue weighted by Crippen LogP contribution is 2.22. The van der Waals surface area contributed by atoms with Gasteiger partial charge in [0.25, 0.3) is 5.56 Å². The fraction of sp³-hybridized carbons (Fsp3) is 0.368. The predicted molar refractivity (Wildman–Crippen MR) is 111 cm³/mol. The highest BCUT2D eigenvalue weighted by molar-refractivity contribution is 9.10. The fourth-order valence-electron chi connectivity index (χ4n) is 2.96. The standard InChI is InChI=1S/C19H22BrN3O2S/c1-14-15(11-22-7-9-26-10-8-22)3-2-4-17(14)21-18(24)13-23-12-16(20)5-6-19(23)25/h2-6,12H,7-11,13H2,1H3,(H,21,24). The van der Waals surface area contributed by atoms with Gasteiger partial charge < -0.3 is 9.88 Å². The Morgan fingerprint density at radius 1 is 1.23 bits per heavy atom. The third-order valence-corrected chi connectivity index (χ3v) is 5.89. The van der Waals surface area contributed by atoms with E-state index < -0.39 is 0 Å². The molecule has 2 aromatic rings. The van der Waals surface area contributed by atoms with E-state index in [4.69, 9.17) is 0 Å². The molecule has 5 nitrogen and oxygen atoms in total. The minimum atomic E-state index is -0.208. The van der Waals surface area contributed by atoms with Crippen molar-refractivity contribution in [2.45, 2.75) is 20.0 Å². The van der Waals surface area contributed by atoms with Gasteiger partial charge in [-0.15, -0.1) is 0 Å². The van der Waals surface area contributed by atoms with Crippen LogP contribution in [0.2, 0.25) is 0 Å². The number of rotatable bonds is 5. The maximum Gasteiger partial charge on any atom is 0.251 e. The van der Waals surface area contributed by atoms with Crippen molar-refractivity contribution >= 4 is 39.3 Å². The van der Waals surface area contributed by atoms with Crippen LogP contribution in [0.3, 0.4) is 0 Å². The van der Waals surface area contributed by atoms with Gasteiger partial charge in [0.2, 0.25) is 5.91 Å². The zero-order valence-electron chi connectivity index (χ0n) is 14.7. The average Bonchev–Trinajstić information content (AvgIpc) is 2.62. The van der Waals surface area contributed by atoms with Crippen LogP contribution in [-0.4, -0.2) is 40.0 Å². The van der Waals surface area contributed by atoms with E-state index in [9.17, 15) is 9.59 Å². The highest BCUT2D eigenvalue weighted by atomic mass is 79.9. The summed E-state index contributed by atoms with van der Waals surface area (Å²) in [5.41, 5.74) is 2.92. The Morgan fingerprint density at radius 2 is 2.00 bits per heavy atom. The van der Waals surface area contributed by atoms with Crippen molar-refractivity contribution in [2.24, 2.45) is 0 Å². The molecule has 1 aromatic heterocycles. The molecule has 0 spiro atoms. The van der Waals surface area contributed by atoms with E-state index in [0.29, 0.717) is 0 Å².